The first-order valence-corrected chi connectivity index (χ1v) is 8.66. The molecule has 0 spiro atoms. The lowest BCUT2D eigenvalue weighted by molar-refractivity contribution is -0.142. The number of nitrogens with one attached hydrogen (secondary N) is 1. The Kier molecular flexibility index (Phi) is 13.4. The topological polar surface area (TPSA) is 24.3 Å². The van der Waals surface area contributed by atoms with E-state index in [1.807, 2.05) is 28.4 Å². The molecule has 12 heteroatoms. The van der Waals surface area contributed by atoms with E-state index in [9.17, 15) is 17.3 Å². The molecule has 3 nitrogen and oxygen atoms in total. The van der Waals surface area contributed by atoms with Gasteiger partial charge < -0.3 is 21.4 Å². The van der Waals surface area contributed by atoms with Crippen molar-refractivity contribution < 1.29 is 24.8 Å². The smallest absolute Gasteiger partial charge is 0.418 e. The van der Waals surface area contributed by atoms with Crippen molar-refractivity contribution in [1.82, 2.24) is 4.72 Å². The third kappa shape index (κ3) is 16.5. The van der Waals surface area contributed by atoms with Crippen LogP contribution in [-0.2, 0) is 4.18 Å². The predicted molar refractivity (Wildman–Crippen MR) is 73.7 cm³/mol. The fourth-order valence-corrected chi connectivity index (χ4v) is 2.43. The second kappa shape index (κ2) is 11.5. The largest absolute Gasteiger partial charge is 0.673 e. The van der Waals surface area contributed by atoms with Gasteiger partial charge in [0.15, 0.2) is 0 Å². The van der Waals surface area contributed by atoms with Crippen LogP contribution in [0.5, 0.6) is 0 Å². The molecule has 0 heterocycles. The highest BCUT2D eigenvalue weighted by atomic mass is 32.2. The quantitative estimate of drug-likeness (QED) is 0.161. The van der Waals surface area contributed by atoms with E-state index in [-0.39, 0.29) is 0 Å². The van der Waals surface area contributed by atoms with Crippen LogP contribution in [0.15, 0.2) is 0 Å². The van der Waals surface area contributed by atoms with Gasteiger partial charge in [-0.15, -0.1) is 0 Å². The van der Waals surface area contributed by atoms with Crippen LogP contribution in [0.2, 0.25) is 0 Å². The van der Waals surface area contributed by atoms with E-state index >= 15 is 0 Å². The normalized spacial score (nSPS) is 10.1. The maximum absolute atomic E-state index is 9.75. The molecule has 0 unspecified atom stereocenters. The van der Waals surface area contributed by atoms with Gasteiger partial charge in [-0.25, -0.2) is 0 Å². The zero-order valence-corrected chi connectivity index (χ0v) is 12.8. The molecule has 0 saturated heterocycles. The van der Waals surface area contributed by atoms with E-state index in [4.69, 9.17) is 4.18 Å². The molecule has 0 aromatic rings. The highest BCUT2D eigenvalue weighted by Gasteiger charge is 2.20. The van der Waals surface area contributed by atoms with E-state index in [1.165, 1.54) is 24.0 Å². The molecule has 0 bridgehead atoms. The average Bonchev–Trinajstić information content (AvgIpc) is 2.17. The van der Waals surface area contributed by atoms with E-state index < -0.39 is 7.25 Å². The SMILES string of the molecule is CSNC(OSC)=[N+](SC)SC.F[B-](F)(F)F. The number of hydrogen-bond donors (Lipinski definition) is 1. The standard InChI is InChI=1S/C5H12N2OS4.BF4/c1-9-6-5(8-12-4)7(10-2)11-3;2-1(3,4)5/h1-4H3;/q;-1/p+1. The minimum atomic E-state index is -6.00. The minimum Gasteiger partial charge on any atom is -0.418 e. The van der Waals surface area contributed by atoms with Gasteiger partial charge in [0.2, 0.25) is 0 Å². The van der Waals surface area contributed by atoms with Gasteiger partial charge >= 0.3 is 13.3 Å². The molecule has 0 radical (unpaired) electrons. The summed E-state index contributed by atoms with van der Waals surface area (Å²) in [6, 6.07) is 0.759. The van der Waals surface area contributed by atoms with Gasteiger partial charge in [0.05, 0.1) is 47.9 Å². The first kappa shape index (κ1) is 19.8. The molecule has 104 valence electrons. The highest BCUT2D eigenvalue weighted by Crippen LogP contribution is 2.11. The molecule has 0 aliphatic heterocycles. The summed E-state index contributed by atoms with van der Waals surface area (Å²) in [5.74, 6) is 0. The van der Waals surface area contributed by atoms with Crippen molar-refractivity contribution in [2.45, 2.75) is 0 Å². The number of hydrogen-bond acceptors (Lipinski definition) is 5. The first-order valence-electron chi connectivity index (χ1n) is 3.92. The van der Waals surface area contributed by atoms with Gasteiger partial charge in [0.25, 0.3) is 0 Å². The minimum absolute atomic E-state index is 0.759. The van der Waals surface area contributed by atoms with Crippen LogP contribution in [0.25, 0.3) is 0 Å². The average molecular weight is 332 g/mol. The molecule has 0 aliphatic carbocycles. The molecule has 0 aromatic heterocycles. The van der Waals surface area contributed by atoms with Crippen LogP contribution in [0.1, 0.15) is 0 Å². The lowest BCUT2D eigenvalue weighted by atomic mass is 10.3. The fourth-order valence-electron chi connectivity index (χ4n) is 0.491. The second-order valence-corrected chi connectivity index (χ2v) is 4.78. The maximum atomic E-state index is 9.75. The number of amidine groups is 1. The zero-order valence-electron chi connectivity index (χ0n) is 9.58. The summed E-state index contributed by atoms with van der Waals surface area (Å²) in [6.07, 6.45) is 7.85. The Bertz CT molecular complexity index is 210. The maximum Gasteiger partial charge on any atom is 0.673 e. The van der Waals surface area contributed by atoms with Crippen molar-refractivity contribution in [3.05, 3.63) is 0 Å². The summed E-state index contributed by atoms with van der Waals surface area (Å²) in [5, 5.41) is 0. The highest BCUT2D eigenvalue weighted by molar-refractivity contribution is 8.05. The molecular formula is C5H13BF4N2OS4. The monoisotopic (exact) mass is 332 g/mol. The Labute approximate surface area is 116 Å². The van der Waals surface area contributed by atoms with Crippen LogP contribution in [0.3, 0.4) is 0 Å². The third-order valence-electron chi connectivity index (χ3n) is 0.849. The summed E-state index contributed by atoms with van der Waals surface area (Å²) < 4.78 is 49.3. The van der Waals surface area contributed by atoms with Gasteiger partial charge in [-0.1, -0.05) is 3.39 Å². The van der Waals surface area contributed by atoms with Crippen molar-refractivity contribution in [2.75, 3.05) is 25.0 Å². The second-order valence-electron chi connectivity index (χ2n) is 1.98. The van der Waals surface area contributed by atoms with Crippen LogP contribution >= 0.6 is 47.9 Å². The van der Waals surface area contributed by atoms with Gasteiger partial charge in [0.1, 0.15) is 0 Å². The van der Waals surface area contributed by atoms with Gasteiger partial charge in [-0.2, -0.15) is 4.72 Å². The molecule has 0 saturated carbocycles. The van der Waals surface area contributed by atoms with Crippen LogP contribution in [-0.4, -0.2) is 41.7 Å². The van der Waals surface area contributed by atoms with Crippen molar-refractivity contribution >= 4 is 61.2 Å². The van der Waals surface area contributed by atoms with E-state index in [1.54, 1.807) is 23.9 Å². The van der Waals surface area contributed by atoms with Gasteiger partial charge in [-0.3, -0.25) is 0 Å². The van der Waals surface area contributed by atoms with Crippen molar-refractivity contribution in [2.24, 2.45) is 0 Å². The first-order chi connectivity index (χ1) is 7.79. The molecule has 1 N–H and O–H groups in total. The van der Waals surface area contributed by atoms with Crippen molar-refractivity contribution in [1.29, 1.82) is 0 Å². The molecule has 0 atom stereocenters. The molecule has 0 fully saturated rings. The molecule has 0 aromatic carbocycles. The number of halogens is 4. The Morgan fingerprint density at radius 1 is 1.06 bits per heavy atom. The Balaban J connectivity index is 0. The van der Waals surface area contributed by atoms with E-state index in [2.05, 4.69) is 4.72 Å². The van der Waals surface area contributed by atoms with E-state index in [0.717, 1.165) is 6.02 Å². The number of rotatable bonds is 4. The van der Waals surface area contributed by atoms with Crippen LogP contribution in [0, 0.1) is 0 Å². The summed E-state index contributed by atoms with van der Waals surface area (Å²) in [4.78, 5) is 0. The lowest BCUT2D eigenvalue weighted by Gasteiger charge is -2.02. The van der Waals surface area contributed by atoms with E-state index in [0.29, 0.717) is 0 Å². The lowest BCUT2D eigenvalue weighted by Crippen LogP contribution is -2.23. The Morgan fingerprint density at radius 3 is 1.71 bits per heavy atom. The summed E-state index contributed by atoms with van der Waals surface area (Å²) >= 11 is 6.05. The zero-order chi connectivity index (χ0) is 13.9. The molecular weight excluding hydrogens is 319 g/mol. The van der Waals surface area contributed by atoms with Crippen molar-refractivity contribution in [3.8, 4) is 0 Å². The van der Waals surface area contributed by atoms with Crippen LogP contribution < -0.4 is 4.72 Å². The van der Waals surface area contributed by atoms with Gasteiger partial charge in [0, 0.05) is 25.0 Å². The summed E-state index contributed by atoms with van der Waals surface area (Å²) in [5.41, 5.74) is 0. The predicted octanol–water partition coefficient (Wildman–Crippen LogP) is 3.37. The van der Waals surface area contributed by atoms with Gasteiger partial charge in [-0.05, 0) is 0 Å². The Morgan fingerprint density at radius 2 is 1.47 bits per heavy atom. The van der Waals surface area contributed by atoms with Crippen LogP contribution in [0.4, 0.5) is 17.3 Å². The fraction of sp³-hybridized carbons (Fsp3) is 0.800. The third-order valence-corrected chi connectivity index (χ3v) is 3.44. The molecule has 17 heavy (non-hydrogen) atoms. The summed E-state index contributed by atoms with van der Waals surface area (Å²) in [7, 11) is -6.00. The molecule has 0 amide bonds. The molecule has 0 aliphatic rings. The molecule has 0 rings (SSSR count). The Hall–Kier alpha value is 0.455. The van der Waals surface area contributed by atoms with Crippen molar-refractivity contribution in [3.63, 3.8) is 0 Å². The number of nitrogens with zero attached hydrogens (tertiary/aromatic N) is 1. The summed E-state index contributed by atoms with van der Waals surface area (Å²) in [6.45, 7) is 0.